The van der Waals surface area contributed by atoms with Gasteiger partial charge >= 0.3 is 0 Å². The van der Waals surface area contributed by atoms with E-state index in [1.165, 1.54) is 23.1 Å². The smallest absolute Gasteiger partial charge is 0.0975 e. The zero-order valence-corrected chi connectivity index (χ0v) is 15.2. The van der Waals surface area contributed by atoms with Crippen LogP contribution in [0.3, 0.4) is 0 Å². The second-order valence-corrected chi connectivity index (χ2v) is 6.89. The molecule has 0 saturated carbocycles. The first-order valence-electron chi connectivity index (χ1n) is 9.32. The standard InChI is InChI=1S/C22H25N3O/c1-17-8-5-6-12-21(17)22-18(14-23-19-9-7-13-26-16-19)15-25(24-22)20-10-3-2-4-11-20/h2-6,8,10-12,15,19,23H,7,9,13-14,16H2,1H3. The van der Waals surface area contributed by atoms with Crippen LogP contribution in [0.2, 0.25) is 0 Å². The van der Waals surface area contributed by atoms with Gasteiger partial charge in [-0.25, -0.2) is 4.68 Å². The zero-order valence-electron chi connectivity index (χ0n) is 15.2. The van der Waals surface area contributed by atoms with E-state index in [-0.39, 0.29) is 0 Å². The Balaban J connectivity index is 1.66. The number of benzene rings is 2. The summed E-state index contributed by atoms with van der Waals surface area (Å²) in [5.41, 5.74) is 5.78. The fourth-order valence-corrected chi connectivity index (χ4v) is 3.47. The van der Waals surface area contributed by atoms with Crippen LogP contribution in [0.25, 0.3) is 16.9 Å². The van der Waals surface area contributed by atoms with Gasteiger partial charge in [0.15, 0.2) is 0 Å². The minimum atomic E-state index is 0.425. The number of nitrogens with zero attached hydrogens (tertiary/aromatic N) is 2. The van der Waals surface area contributed by atoms with E-state index < -0.39 is 0 Å². The maximum atomic E-state index is 5.60. The second-order valence-electron chi connectivity index (χ2n) is 6.89. The quantitative estimate of drug-likeness (QED) is 0.755. The maximum Gasteiger partial charge on any atom is 0.0975 e. The molecular formula is C22H25N3O. The van der Waals surface area contributed by atoms with Gasteiger partial charge in [0.25, 0.3) is 0 Å². The Morgan fingerprint density at radius 2 is 1.92 bits per heavy atom. The molecule has 3 aromatic rings. The van der Waals surface area contributed by atoms with E-state index in [0.29, 0.717) is 6.04 Å². The van der Waals surface area contributed by atoms with E-state index in [4.69, 9.17) is 9.84 Å². The van der Waals surface area contributed by atoms with Crippen LogP contribution in [-0.2, 0) is 11.3 Å². The number of para-hydroxylation sites is 1. The van der Waals surface area contributed by atoms with Crippen molar-refractivity contribution >= 4 is 0 Å². The normalized spacial score (nSPS) is 17.3. The summed E-state index contributed by atoms with van der Waals surface area (Å²) in [5, 5.41) is 8.57. The molecule has 1 atom stereocenters. The summed E-state index contributed by atoms with van der Waals surface area (Å²) < 4.78 is 7.58. The summed E-state index contributed by atoms with van der Waals surface area (Å²) in [6.45, 7) is 4.62. The van der Waals surface area contributed by atoms with Gasteiger partial charge in [-0.1, -0.05) is 42.5 Å². The van der Waals surface area contributed by atoms with Crippen molar-refractivity contribution in [3.05, 3.63) is 71.9 Å². The molecule has 1 fully saturated rings. The summed E-state index contributed by atoms with van der Waals surface area (Å²) in [4.78, 5) is 0. The lowest BCUT2D eigenvalue weighted by Crippen LogP contribution is -2.36. The van der Waals surface area contributed by atoms with Crippen LogP contribution in [0.5, 0.6) is 0 Å². The van der Waals surface area contributed by atoms with Crippen molar-refractivity contribution in [3.63, 3.8) is 0 Å². The second kappa shape index (κ2) is 7.85. The van der Waals surface area contributed by atoms with Crippen LogP contribution in [0.15, 0.2) is 60.8 Å². The molecule has 4 heteroatoms. The fraction of sp³-hybridized carbons (Fsp3) is 0.318. The Kier molecular flexibility index (Phi) is 5.14. The van der Waals surface area contributed by atoms with Crippen molar-refractivity contribution in [3.8, 4) is 16.9 Å². The summed E-state index contributed by atoms with van der Waals surface area (Å²) in [6, 6.07) is 19.2. The molecule has 1 aromatic heterocycles. The number of ether oxygens (including phenoxy) is 1. The van der Waals surface area contributed by atoms with Crippen molar-refractivity contribution < 1.29 is 4.74 Å². The molecule has 0 radical (unpaired) electrons. The average molecular weight is 347 g/mol. The van der Waals surface area contributed by atoms with Crippen LogP contribution in [0.1, 0.15) is 24.0 Å². The molecule has 1 aliphatic heterocycles. The molecule has 2 heterocycles. The van der Waals surface area contributed by atoms with Crippen molar-refractivity contribution in [2.24, 2.45) is 0 Å². The third-order valence-electron chi connectivity index (χ3n) is 4.95. The van der Waals surface area contributed by atoms with Gasteiger partial charge in [-0.3, -0.25) is 0 Å². The Bertz CT molecular complexity index is 851. The molecule has 1 saturated heterocycles. The fourth-order valence-electron chi connectivity index (χ4n) is 3.47. The molecule has 4 rings (SSSR count). The van der Waals surface area contributed by atoms with Gasteiger partial charge in [0.2, 0.25) is 0 Å². The molecule has 4 nitrogen and oxygen atoms in total. The predicted octanol–water partition coefficient (Wildman–Crippen LogP) is 4.12. The Labute approximate surface area is 154 Å². The van der Waals surface area contributed by atoms with Crippen LogP contribution in [-0.4, -0.2) is 29.0 Å². The average Bonchev–Trinajstić information content (AvgIpc) is 3.12. The van der Waals surface area contributed by atoms with Crippen LogP contribution in [0, 0.1) is 6.92 Å². The van der Waals surface area contributed by atoms with E-state index in [1.807, 2.05) is 22.9 Å². The molecule has 0 amide bonds. The first-order chi connectivity index (χ1) is 12.8. The molecule has 0 bridgehead atoms. The Hall–Kier alpha value is -2.43. The lowest BCUT2D eigenvalue weighted by atomic mass is 10.0. The Morgan fingerprint density at radius 3 is 2.69 bits per heavy atom. The minimum Gasteiger partial charge on any atom is -0.380 e. The largest absolute Gasteiger partial charge is 0.380 e. The number of aromatic nitrogens is 2. The highest BCUT2D eigenvalue weighted by molar-refractivity contribution is 5.66. The van der Waals surface area contributed by atoms with Crippen molar-refractivity contribution in [1.29, 1.82) is 0 Å². The van der Waals surface area contributed by atoms with E-state index in [0.717, 1.165) is 37.6 Å². The van der Waals surface area contributed by atoms with Gasteiger partial charge in [-0.15, -0.1) is 0 Å². The summed E-state index contributed by atoms with van der Waals surface area (Å²) >= 11 is 0. The molecule has 134 valence electrons. The van der Waals surface area contributed by atoms with Gasteiger partial charge in [0, 0.05) is 36.5 Å². The van der Waals surface area contributed by atoms with Crippen LogP contribution in [0.4, 0.5) is 0 Å². The van der Waals surface area contributed by atoms with Crippen molar-refractivity contribution in [2.45, 2.75) is 32.4 Å². The van der Waals surface area contributed by atoms with Gasteiger partial charge in [-0.05, 0) is 37.5 Å². The van der Waals surface area contributed by atoms with Crippen LogP contribution < -0.4 is 5.32 Å². The third-order valence-corrected chi connectivity index (χ3v) is 4.95. The highest BCUT2D eigenvalue weighted by Crippen LogP contribution is 2.26. The first-order valence-corrected chi connectivity index (χ1v) is 9.32. The number of hydrogen-bond acceptors (Lipinski definition) is 3. The number of rotatable bonds is 5. The molecule has 0 aliphatic carbocycles. The minimum absolute atomic E-state index is 0.425. The number of nitrogens with one attached hydrogen (secondary N) is 1. The van der Waals surface area contributed by atoms with Crippen molar-refractivity contribution in [1.82, 2.24) is 15.1 Å². The summed E-state index contributed by atoms with van der Waals surface area (Å²) in [7, 11) is 0. The molecule has 26 heavy (non-hydrogen) atoms. The van der Waals surface area contributed by atoms with E-state index >= 15 is 0 Å². The monoisotopic (exact) mass is 347 g/mol. The van der Waals surface area contributed by atoms with Crippen molar-refractivity contribution in [2.75, 3.05) is 13.2 Å². The van der Waals surface area contributed by atoms with Gasteiger partial charge < -0.3 is 10.1 Å². The highest BCUT2D eigenvalue weighted by Gasteiger charge is 2.17. The number of hydrogen-bond donors (Lipinski definition) is 1. The van der Waals surface area contributed by atoms with Gasteiger partial charge in [-0.2, -0.15) is 5.10 Å². The Morgan fingerprint density at radius 1 is 1.12 bits per heavy atom. The van der Waals surface area contributed by atoms with E-state index in [2.05, 4.69) is 54.8 Å². The molecule has 1 aliphatic rings. The third kappa shape index (κ3) is 3.71. The first kappa shape index (κ1) is 17.0. The zero-order chi connectivity index (χ0) is 17.8. The lowest BCUT2D eigenvalue weighted by molar-refractivity contribution is 0.0699. The number of aryl methyl sites for hydroxylation is 1. The summed E-state index contributed by atoms with van der Waals surface area (Å²) in [5.74, 6) is 0. The highest BCUT2D eigenvalue weighted by atomic mass is 16.5. The lowest BCUT2D eigenvalue weighted by Gasteiger charge is -2.23. The molecular weight excluding hydrogens is 322 g/mol. The van der Waals surface area contributed by atoms with Gasteiger partial charge in [0.1, 0.15) is 0 Å². The molecule has 2 aromatic carbocycles. The predicted molar refractivity (Wildman–Crippen MR) is 104 cm³/mol. The SMILES string of the molecule is Cc1ccccc1-c1nn(-c2ccccc2)cc1CNC1CCCOC1. The maximum absolute atomic E-state index is 5.60. The van der Waals surface area contributed by atoms with Crippen LogP contribution >= 0.6 is 0 Å². The summed E-state index contributed by atoms with van der Waals surface area (Å²) in [6.07, 6.45) is 4.45. The van der Waals surface area contributed by atoms with Gasteiger partial charge in [0.05, 0.1) is 18.0 Å². The topological polar surface area (TPSA) is 39.1 Å². The molecule has 1 N–H and O–H groups in total. The molecule has 1 unspecified atom stereocenters. The van der Waals surface area contributed by atoms with E-state index in [9.17, 15) is 0 Å². The van der Waals surface area contributed by atoms with E-state index in [1.54, 1.807) is 0 Å². The molecule has 0 spiro atoms.